The van der Waals surface area contributed by atoms with E-state index in [-0.39, 0.29) is 17.6 Å². The molecule has 118 valence electrons. The molecule has 0 radical (unpaired) electrons. The molecule has 0 bridgehead atoms. The quantitative estimate of drug-likeness (QED) is 0.682. The predicted octanol–water partition coefficient (Wildman–Crippen LogP) is 3.51. The Morgan fingerprint density at radius 1 is 1.19 bits per heavy atom. The third kappa shape index (κ3) is 8.74. The maximum atomic E-state index is 11.2. The number of Topliss-reactive ketones (excluding diaryl/α,β-unsaturated/α-hetero) is 1. The van der Waals surface area contributed by atoms with E-state index in [0.29, 0.717) is 23.8 Å². The molecule has 0 aliphatic heterocycles. The number of carbonyl (C=O) groups excluding carboxylic acids is 3. The topological polar surface area (TPSA) is 63.2 Å². The standard InChI is InChI=1S/C10H10O2.C5H11NO.C2H6/c1-2-10(12)9-6-4-3-5-8(9)7-11;1-4(2)5(7)6-3;1-2/h3-7H,2H2,1H3;4H,1-3H3,(H,6,7);1-2H3. The van der Waals surface area contributed by atoms with Gasteiger partial charge in [0.15, 0.2) is 12.1 Å². The van der Waals surface area contributed by atoms with Gasteiger partial charge in [0, 0.05) is 30.5 Å². The molecule has 0 atom stereocenters. The van der Waals surface area contributed by atoms with Crippen molar-refractivity contribution in [3.63, 3.8) is 0 Å². The van der Waals surface area contributed by atoms with Crippen LogP contribution < -0.4 is 5.32 Å². The van der Waals surface area contributed by atoms with Crippen LogP contribution in [0, 0.1) is 5.92 Å². The van der Waals surface area contributed by atoms with Crippen LogP contribution in [0.4, 0.5) is 0 Å². The van der Waals surface area contributed by atoms with Gasteiger partial charge in [0.1, 0.15) is 0 Å². The van der Waals surface area contributed by atoms with Gasteiger partial charge in [-0.25, -0.2) is 0 Å². The molecule has 0 saturated carbocycles. The van der Waals surface area contributed by atoms with Gasteiger partial charge in [0.05, 0.1) is 0 Å². The molecule has 0 spiro atoms. The third-order valence-corrected chi connectivity index (χ3v) is 2.48. The monoisotopic (exact) mass is 293 g/mol. The van der Waals surface area contributed by atoms with Crippen molar-refractivity contribution in [2.45, 2.75) is 41.0 Å². The van der Waals surface area contributed by atoms with E-state index in [0.717, 1.165) is 0 Å². The molecule has 1 rings (SSSR count). The minimum atomic E-state index is 0.0118. The SMILES string of the molecule is CC.CCC(=O)c1ccccc1C=O.CNC(=O)C(C)C. The second-order valence-corrected chi connectivity index (χ2v) is 4.25. The molecule has 0 aromatic heterocycles. The first-order valence-electron chi connectivity index (χ1n) is 7.26. The summed E-state index contributed by atoms with van der Waals surface area (Å²) in [7, 11) is 1.64. The van der Waals surface area contributed by atoms with E-state index in [9.17, 15) is 14.4 Å². The lowest BCUT2D eigenvalue weighted by molar-refractivity contribution is -0.123. The van der Waals surface area contributed by atoms with Crippen molar-refractivity contribution in [1.29, 1.82) is 0 Å². The lowest BCUT2D eigenvalue weighted by Crippen LogP contribution is -2.22. The molecule has 0 fully saturated rings. The van der Waals surface area contributed by atoms with Crippen LogP contribution in [0.25, 0.3) is 0 Å². The predicted molar refractivity (Wildman–Crippen MR) is 86.7 cm³/mol. The minimum absolute atomic E-state index is 0.0118. The zero-order chi connectivity index (χ0) is 16.8. The fraction of sp³-hybridized carbons (Fsp3) is 0.471. The minimum Gasteiger partial charge on any atom is -0.359 e. The maximum Gasteiger partial charge on any atom is 0.222 e. The smallest absolute Gasteiger partial charge is 0.222 e. The van der Waals surface area contributed by atoms with Gasteiger partial charge >= 0.3 is 0 Å². The number of hydrogen-bond donors (Lipinski definition) is 1. The number of ketones is 1. The van der Waals surface area contributed by atoms with Crippen LogP contribution in [0.15, 0.2) is 24.3 Å². The average Bonchev–Trinajstić information content (AvgIpc) is 2.55. The molecule has 4 heteroatoms. The van der Waals surface area contributed by atoms with Crippen molar-refractivity contribution in [3.8, 4) is 0 Å². The number of benzene rings is 1. The molecule has 0 aliphatic rings. The van der Waals surface area contributed by atoms with E-state index in [2.05, 4.69) is 5.32 Å². The summed E-state index contributed by atoms with van der Waals surface area (Å²) in [4.78, 5) is 32.1. The number of carbonyl (C=O) groups is 3. The average molecular weight is 293 g/mol. The molecule has 1 N–H and O–H groups in total. The van der Waals surface area contributed by atoms with Crippen molar-refractivity contribution >= 4 is 18.0 Å². The van der Waals surface area contributed by atoms with E-state index in [1.54, 1.807) is 38.2 Å². The first-order chi connectivity index (χ1) is 9.97. The van der Waals surface area contributed by atoms with E-state index < -0.39 is 0 Å². The van der Waals surface area contributed by atoms with Crippen molar-refractivity contribution < 1.29 is 14.4 Å². The van der Waals surface area contributed by atoms with Crippen molar-refractivity contribution in [2.75, 3.05) is 7.05 Å². The molecule has 21 heavy (non-hydrogen) atoms. The van der Waals surface area contributed by atoms with E-state index >= 15 is 0 Å². The summed E-state index contributed by atoms with van der Waals surface area (Å²) in [6.45, 7) is 9.50. The van der Waals surface area contributed by atoms with Crippen LogP contribution in [-0.4, -0.2) is 25.0 Å². The van der Waals surface area contributed by atoms with E-state index in [4.69, 9.17) is 0 Å². The molecule has 1 aromatic rings. The van der Waals surface area contributed by atoms with Gasteiger partial charge in [-0.3, -0.25) is 14.4 Å². The summed E-state index contributed by atoms with van der Waals surface area (Å²) in [5.41, 5.74) is 0.999. The van der Waals surface area contributed by atoms with Crippen LogP contribution in [0.5, 0.6) is 0 Å². The number of nitrogens with one attached hydrogen (secondary N) is 1. The van der Waals surface area contributed by atoms with Crippen LogP contribution >= 0.6 is 0 Å². The van der Waals surface area contributed by atoms with Gasteiger partial charge in [0.25, 0.3) is 0 Å². The van der Waals surface area contributed by atoms with Gasteiger partial charge in [-0.15, -0.1) is 0 Å². The van der Waals surface area contributed by atoms with E-state index in [1.807, 2.05) is 27.7 Å². The number of amides is 1. The van der Waals surface area contributed by atoms with Crippen molar-refractivity contribution in [3.05, 3.63) is 35.4 Å². The summed E-state index contributed by atoms with van der Waals surface area (Å²) in [6.07, 6.45) is 1.15. The molecule has 0 aliphatic carbocycles. The summed E-state index contributed by atoms with van der Waals surface area (Å²) in [5, 5.41) is 2.53. The highest BCUT2D eigenvalue weighted by molar-refractivity contribution is 6.02. The highest BCUT2D eigenvalue weighted by Gasteiger charge is 2.06. The lowest BCUT2D eigenvalue weighted by atomic mass is 10.0. The van der Waals surface area contributed by atoms with Gasteiger partial charge in [-0.2, -0.15) is 0 Å². The Kier molecular flexibility index (Phi) is 13.2. The van der Waals surface area contributed by atoms with Gasteiger partial charge in [-0.05, 0) is 0 Å². The van der Waals surface area contributed by atoms with Crippen LogP contribution in [0.2, 0.25) is 0 Å². The molecule has 0 saturated heterocycles. The Bertz CT molecular complexity index is 439. The third-order valence-electron chi connectivity index (χ3n) is 2.48. The Labute approximate surface area is 127 Å². The van der Waals surface area contributed by atoms with Crippen LogP contribution in [0.1, 0.15) is 61.8 Å². The summed E-state index contributed by atoms with van der Waals surface area (Å²) in [5.74, 6) is 0.225. The highest BCUT2D eigenvalue weighted by Crippen LogP contribution is 2.08. The van der Waals surface area contributed by atoms with Crippen LogP contribution in [0.3, 0.4) is 0 Å². The second-order valence-electron chi connectivity index (χ2n) is 4.25. The summed E-state index contributed by atoms with van der Waals surface area (Å²) < 4.78 is 0. The fourth-order valence-electron chi connectivity index (χ4n) is 1.33. The molecular formula is C17H27NO3. The molecule has 0 heterocycles. The molecular weight excluding hydrogens is 266 g/mol. The number of hydrogen-bond acceptors (Lipinski definition) is 3. The largest absolute Gasteiger partial charge is 0.359 e. The first-order valence-corrected chi connectivity index (χ1v) is 7.26. The Morgan fingerprint density at radius 2 is 1.71 bits per heavy atom. The van der Waals surface area contributed by atoms with Gasteiger partial charge in [0.2, 0.25) is 5.91 Å². The number of aldehydes is 1. The first kappa shape index (κ1) is 21.3. The van der Waals surface area contributed by atoms with Crippen molar-refractivity contribution in [1.82, 2.24) is 5.32 Å². The Balaban J connectivity index is 0. The molecule has 1 amide bonds. The Morgan fingerprint density at radius 3 is 2.05 bits per heavy atom. The summed E-state index contributed by atoms with van der Waals surface area (Å²) >= 11 is 0. The maximum absolute atomic E-state index is 11.2. The molecule has 1 aromatic carbocycles. The van der Waals surface area contributed by atoms with Crippen LogP contribution in [-0.2, 0) is 4.79 Å². The molecule has 0 unspecified atom stereocenters. The van der Waals surface area contributed by atoms with E-state index in [1.165, 1.54) is 0 Å². The number of rotatable bonds is 4. The normalized spacial score (nSPS) is 8.71. The second kappa shape index (κ2) is 13.0. The molecule has 4 nitrogen and oxygen atoms in total. The van der Waals surface area contributed by atoms with Crippen molar-refractivity contribution in [2.24, 2.45) is 5.92 Å². The highest BCUT2D eigenvalue weighted by atomic mass is 16.1. The summed E-state index contributed by atoms with van der Waals surface area (Å²) in [6, 6.07) is 6.83. The Hall–Kier alpha value is -1.97. The fourth-order valence-corrected chi connectivity index (χ4v) is 1.33. The zero-order valence-corrected chi connectivity index (χ0v) is 13.9. The zero-order valence-electron chi connectivity index (χ0n) is 13.9. The lowest BCUT2D eigenvalue weighted by Gasteiger charge is -1.99. The van der Waals surface area contributed by atoms with Gasteiger partial charge in [-0.1, -0.05) is 58.9 Å². The van der Waals surface area contributed by atoms with Gasteiger partial charge < -0.3 is 5.32 Å².